The quantitative estimate of drug-likeness (QED) is 0.233. The molecule has 0 spiro atoms. The van der Waals surface area contributed by atoms with Crippen molar-refractivity contribution < 1.29 is 23.5 Å². The number of ether oxygens (including phenoxy) is 1. The Balaban J connectivity index is 1.70. The lowest BCUT2D eigenvalue weighted by Crippen LogP contribution is -2.54. The minimum absolute atomic E-state index is 0.00106. The van der Waals surface area contributed by atoms with E-state index in [1.54, 1.807) is 4.57 Å². The van der Waals surface area contributed by atoms with Gasteiger partial charge in [0.1, 0.15) is 29.9 Å². The van der Waals surface area contributed by atoms with Gasteiger partial charge in [0.25, 0.3) is 5.91 Å². The Morgan fingerprint density at radius 2 is 1.75 bits per heavy atom. The molecule has 3 heterocycles. The Morgan fingerprint density at radius 1 is 1.10 bits per heavy atom. The smallest absolute Gasteiger partial charge is 0.257 e. The molecule has 0 saturated carbocycles. The van der Waals surface area contributed by atoms with Gasteiger partial charge in [-0.3, -0.25) is 19.2 Å². The maximum atomic E-state index is 15.6. The Bertz CT molecular complexity index is 1360. The predicted molar refractivity (Wildman–Crippen MR) is 148 cm³/mol. The molecule has 2 aromatic rings. The van der Waals surface area contributed by atoms with Crippen LogP contribution in [0.15, 0.2) is 17.1 Å². The highest BCUT2D eigenvalue weighted by atomic mass is 19.1. The number of halogens is 1. The number of carbonyl (C=O) groups is 3. The van der Waals surface area contributed by atoms with E-state index in [-0.39, 0.29) is 55.3 Å². The summed E-state index contributed by atoms with van der Waals surface area (Å²) in [4.78, 5) is 55.5. The van der Waals surface area contributed by atoms with Crippen molar-refractivity contribution >= 4 is 34.3 Å². The SMILES string of the molecule is C[C@H]1COc2c(N3CCN(C)CC3)c(F)cc3c(=O)c(C(=O)N[C@@H](CCN)C(=O)N[C@@H](CCN)C(N)=O)cn1c23. The van der Waals surface area contributed by atoms with E-state index < -0.39 is 41.1 Å². The molecule has 0 unspecified atom stereocenters. The summed E-state index contributed by atoms with van der Waals surface area (Å²) >= 11 is 0. The second-order valence-corrected chi connectivity index (χ2v) is 10.3. The Kier molecular flexibility index (Phi) is 8.91. The number of benzene rings is 1. The highest BCUT2D eigenvalue weighted by Crippen LogP contribution is 2.42. The van der Waals surface area contributed by atoms with Gasteiger partial charge >= 0.3 is 0 Å². The summed E-state index contributed by atoms with van der Waals surface area (Å²) in [7, 11) is 2.00. The van der Waals surface area contributed by atoms with Crippen molar-refractivity contribution in [3.8, 4) is 5.75 Å². The van der Waals surface area contributed by atoms with E-state index in [2.05, 4.69) is 15.5 Å². The van der Waals surface area contributed by atoms with Gasteiger partial charge in [0.05, 0.1) is 16.9 Å². The van der Waals surface area contributed by atoms with E-state index >= 15 is 4.39 Å². The van der Waals surface area contributed by atoms with Crippen LogP contribution < -0.4 is 42.9 Å². The average Bonchev–Trinajstić information content (AvgIpc) is 2.91. The van der Waals surface area contributed by atoms with Crippen LogP contribution in [0.4, 0.5) is 10.1 Å². The molecule has 1 aromatic carbocycles. The number of piperazine rings is 1. The molecular weight excluding hydrogens is 523 g/mol. The molecule has 0 radical (unpaired) electrons. The fraction of sp³-hybridized carbons (Fsp3) is 0.538. The molecule has 2 aliphatic heterocycles. The number of nitrogens with two attached hydrogens (primary N) is 3. The first-order valence-corrected chi connectivity index (χ1v) is 13.4. The van der Waals surface area contributed by atoms with E-state index in [1.807, 2.05) is 18.9 Å². The van der Waals surface area contributed by atoms with E-state index in [0.717, 1.165) is 19.2 Å². The summed E-state index contributed by atoms with van der Waals surface area (Å²) in [5, 5.41) is 5.02. The van der Waals surface area contributed by atoms with Gasteiger partial charge in [0, 0.05) is 32.4 Å². The summed E-state index contributed by atoms with van der Waals surface area (Å²) in [5.74, 6) is -2.62. The van der Waals surface area contributed by atoms with Crippen LogP contribution in [0.3, 0.4) is 0 Å². The number of hydrogen-bond acceptors (Lipinski definition) is 9. The molecule has 218 valence electrons. The number of nitrogens with zero attached hydrogens (tertiary/aromatic N) is 3. The highest BCUT2D eigenvalue weighted by Gasteiger charge is 2.32. The van der Waals surface area contributed by atoms with E-state index in [4.69, 9.17) is 21.9 Å². The third-order valence-corrected chi connectivity index (χ3v) is 7.40. The van der Waals surface area contributed by atoms with E-state index in [9.17, 15) is 19.2 Å². The Hall–Kier alpha value is -3.75. The summed E-state index contributed by atoms with van der Waals surface area (Å²) < 4.78 is 23.3. The lowest BCUT2D eigenvalue weighted by atomic mass is 10.0. The van der Waals surface area contributed by atoms with Crippen LogP contribution in [0.2, 0.25) is 0 Å². The van der Waals surface area contributed by atoms with Crippen molar-refractivity contribution in [1.82, 2.24) is 20.1 Å². The van der Waals surface area contributed by atoms with Crippen LogP contribution in [0.25, 0.3) is 10.9 Å². The van der Waals surface area contributed by atoms with E-state index in [0.29, 0.717) is 24.3 Å². The molecule has 3 amide bonds. The summed E-state index contributed by atoms with van der Waals surface area (Å²) in [6, 6.07) is -1.29. The number of amides is 3. The first-order chi connectivity index (χ1) is 19.1. The monoisotopic (exact) mass is 560 g/mol. The largest absolute Gasteiger partial charge is 0.487 e. The zero-order valence-corrected chi connectivity index (χ0v) is 22.7. The second kappa shape index (κ2) is 12.2. The fourth-order valence-corrected chi connectivity index (χ4v) is 5.09. The topological polar surface area (TPSA) is 191 Å². The van der Waals surface area contributed by atoms with Gasteiger partial charge in [-0.05, 0) is 46.0 Å². The van der Waals surface area contributed by atoms with Crippen molar-refractivity contribution in [3.63, 3.8) is 0 Å². The number of primary amides is 1. The molecular formula is C26H37FN8O5. The highest BCUT2D eigenvalue weighted by molar-refractivity contribution is 6.02. The van der Waals surface area contributed by atoms with Crippen molar-refractivity contribution in [1.29, 1.82) is 0 Å². The minimum atomic E-state index is -1.15. The number of anilines is 1. The number of pyridine rings is 1. The lowest BCUT2D eigenvalue weighted by Gasteiger charge is -2.37. The third-order valence-electron chi connectivity index (χ3n) is 7.40. The number of rotatable bonds is 10. The standard InChI is InChI=1S/C26H37FN8O5/c1-14-13-40-23-20-15(11-17(27)21(23)34-9-7-33(2)8-10-34)22(36)16(12-35(14)20)25(38)32-19(4-6-29)26(39)31-18(3-5-28)24(30)37/h11-12,14,18-19H,3-10,13,28-29H2,1-2H3,(H2,30,37)(H,31,39)(H,32,38)/t14-,18-,19-/m0/s1. The van der Waals surface area contributed by atoms with Gasteiger partial charge in [0.2, 0.25) is 17.2 Å². The molecule has 1 fully saturated rings. The van der Waals surface area contributed by atoms with Crippen molar-refractivity contribution in [3.05, 3.63) is 33.9 Å². The number of nitrogens with one attached hydrogen (secondary N) is 2. The minimum Gasteiger partial charge on any atom is -0.487 e. The maximum absolute atomic E-state index is 15.6. The molecule has 1 aromatic heterocycles. The van der Waals surface area contributed by atoms with E-state index in [1.165, 1.54) is 6.20 Å². The van der Waals surface area contributed by atoms with Crippen LogP contribution in [0.1, 0.15) is 36.2 Å². The number of aromatic nitrogens is 1. The first kappa shape index (κ1) is 29.2. The normalized spacial score (nSPS) is 18.6. The van der Waals surface area contributed by atoms with Crippen LogP contribution in [-0.2, 0) is 9.59 Å². The number of likely N-dealkylation sites (N-methyl/N-ethyl adjacent to an activating group) is 1. The van der Waals surface area contributed by atoms with Gasteiger partial charge < -0.3 is 46.9 Å². The van der Waals surface area contributed by atoms with Crippen LogP contribution >= 0.6 is 0 Å². The van der Waals surface area contributed by atoms with Crippen LogP contribution in [0.5, 0.6) is 5.75 Å². The molecule has 13 nitrogen and oxygen atoms in total. The summed E-state index contributed by atoms with van der Waals surface area (Å²) in [6.07, 6.45) is 1.56. The zero-order valence-electron chi connectivity index (χ0n) is 22.7. The van der Waals surface area contributed by atoms with Crippen LogP contribution in [-0.4, -0.2) is 92.2 Å². The molecule has 40 heavy (non-hydrogen) atoms. The molecule has 14 heteroatoms. The van der Waals surface area contributed by atoms with Crippen molar-refractivity contribution in [2.45, 2.75) is 37.9 Å². The van der Waals surface area contributed by atoms with Gasteiger partial charge in [-0.25, -0.2) is 4.39 Å². The molecule has 2 aliphatic rings. The molecule has 0 bridgehead atoms. The van der Waals surface area contributed by atoms with Gasteiger partial charge in [-0.15, -0.1) is 0 Å². The lowest BCUT2D eigenvalue weighted by molar-refractivity contribution is -0.128. The van der Waals surface area contributed by atoms with Crippen molar-refractivity contribution in [2.24, 2.45) is 17.2 Å². The number of hydrogen-bond donors (Lipinski definition) is 5. The van der Waals surface area contributed by atoms with Crippen LogP contribution in [0, 0.1) is 5.82 Å². The molecule has 8 N–H and O–H groups in total. The molecule has 4 rings (SSSR count). The molecule has 3 atom stereocenters. The van der Waals surface area contributed by atoms with Crippen molar-refractivity contribution in [2.75, 3.05) is 57.8 Å². The molecule has 0 aliphatic carbocycles. The molecule has 1 saturated heterocycles. The summed E-state index contributed by atoms with van der Waals surface area (Å²) in [6.45, 7) is 4.92. The summed E-state index contributed by atoms with van der Waals surface area (Å²) in [5.41, 5.74) is 16.2. The Morgan fingerprint density at radius 3 is 2.38 bits per heavy atom. The van der Waals surface area contributed by atoms with Gasteiger partial charge in [0.15, 0.2) is 11.6 Å². The third kappa shape index (κ3) is 5.74. The fourth-order valence-electron chi connectivity index (χ4n) is 5.09. The van der Waals surface area contributed by atoms with Gasteiger partial charge in [-0.1, -0.05) is 0 Å². The Labute approximate surface area is 230 Å². The predicted octanol–water partition coefficient (Wildman–Crippen LogP) is -1.39. The first-order valence-electron chi connectivity index (χ1n) is 13.4. The number of carbonyl (C=O) groups excluding carboxylic acids is 3. The maximum Gasteiger partial charge on any atom is 0.257 e. The second-order valence-electron chi connectivity index (χ2n) is 10.3. The van der Waals surface area contributed by atoms with Gasteiger partial charge in [-0.2, -0.15) is 0 Å². The zero-order chi connectivity index (χ0) is 29.1. The average molecular weight is 561 g/mol.